The van der Waals surface area contributed by atoms with Crippen LogP contribution in [0.25, 0.3) is 0 Å². The van der Waals surface area contributed by atoms with Gasteiger partial charge in [-0.2, -0.15) is 0 Å². The Labute approximate surface area is 164 Å². The van der Waals surface area contributed by atoms with Gasteiger partial charge in [-0.3, -0.25) is 9.59 Å². The third-order valence-electron chi connectivity index (χ3n) is 4.15. The van der Waals surface area contributed by atoms with Crippen LogP contribution in [0.1, 0.15) is 31.4 Å². The number of carbonyl (C=O) groups is 2. The van der Waals surface area contributed by atoms with E-state index in [1.165, 1.54) is 11.8 Å². The van der Waals surface area contributed by atoms with Crippen LogP contribution in [0.4, 0.5) is 11.4 Å². The second kappa shape index (κ2) is 9.06. The lowest BCUT2D eigenvalue weighted by atomic mass is 10.1. The van der Waals surface area contributed by atoms with E-state index in [4.69, 9.17) is 23.2 Å². The molecule has 0 fully saturated rings. The van der Waals surface area contributed by atoms with E-state index in [9.17, 15) is 9.59 Å². The number of nitrogens with one attached hydrogen (secondary N) is 1. The molecule has 0 heterocycles. The van der Waals surface area contributed by atoms with E-state index in [0.29, 0.717) is 15.7 Å². The van der Waals surface area contributed by atoms with Crippen molar-refractivity contribution in [2.45, 2.75) is 33.6 Å². The molecule has 138 valence electrons. The summed E-state index contributed by atoms with van der Waals surface area (Å²) in [6.45, 7) is 5.66. The zero-order valence-electron chi connectivity index (χ0n) is 15.1. The van der Waals surface area contributed by atoms with Gasteiger partial charge in [-0.05, 0) is 42.7 Å². The van der Waals surface area contributed by atoms with Crippen LogP contribution in [0, 0.1) is 6.92 Å². The summed E-state index contributed by atoms with van der Waals surface area (Å²) in [5.74, 6) is -0.356. The summed E-state index contributed by atoms with van der Waals surface area (Å²) in [4.78, 5) is 25.9. The second-order valence-corrected chi connectivity index (χ2v) is 6.87. The van der Waals surface area contributed by atoms with Gasteiger partial charge in [0.15, 0.2) is 0 Å². The van der Waals surface area contributed by atoms with Crippen molar-refractivity contribution in [1.29, 1.82) is 0 Å². The fraction of sp³-hybridized carbons (Fsp3) is 0.300. The van der Waals surface area contributed by atoms with E-state index in [1.807, 2.05) is 32.0 Å². The predicted octanol–water partition coefficient (Wildman–Crippen LogP) is 5.25. The minimum Gasteiger partial charge on any atom is -0.326 e. The number of carbonyl (C=O) groups excluding carboxylic acids is 2. The summed E-state index contributed by atoms with van der Waals surface area (Å²) < 4.78 is 0. The first kappa shape index (κ1) is 20.3. The normalized spacial score (nSPS) is 10.5. The van der Waals surface area contributed by atoms with Crippen molar-refractivity contribution in [1.82, 2.24) is 0 Å². The first-order chi connectivity index (χ1) is 12.3. The van der Waals surface area contributed by atoms with Crippen LogP contribution in [0.5, 0.6) is 0 Å². The number of nitrogens with zero attached hydrogens (tertiary/aromatic N) is 1. The Morgan fingerprint density at radius 1 is 1.15 bits per heavy atom. The van der Waals surface area contributed by atoms with Crippen molar-refractivity contribution in [3.8, 4) is 0 Å². The maximum atomic E-state index is 12.4. The Morgan fingerprint density at radius 2 is 1.88 bits per heavy atom. The maximum Gasteiger partial charge on any atom is 0.226 e. The van der Waals surface area contributed by atoms with Crippen LogP contribution in [0.3, 0.4) is 0 Å². The van der Waals surface area contributed by atoms with Crippen LogP contribution in [-0.4, -0.2) is 18.4 Å². The number of amides is 2. The van der Waals surface area contributed by atoms with E-state index >= 15 is 0 Å². The maximum absolute atomic E-state index is 12.4. The first-order valence-electron chi connectivity index (χ1n) is 8.45. The Bertz CT molecular complexity index is 821. The topological polar surface area (TPSA) is 49.4 Å². The van der Waals surface area contributed by atoms with Gasteiger partial charge in [0.2, 0.25) is 11.8 Å². The Morgan fingerprint density at radius 3 is 2.54 bits per heavy atom. The fourth-order valence-electron chi connectivity index (χ4n) is 2.76. The molecule has 2 rings (SSSR count). The van der Waals surface area contributed by atoms with E-state index in [-0.39, 0.29) is 24.8 Å². The molecule has 0 saturated carbocycles. The van der Waals surface area contributed by atoms with Crippen molar-refractivity contribution in [2.75, 3.05) is 16.8 Å². The number of halogens is 2. The highest BCUT2D eigenvalue weighted by molar-refractivity contribution is 6.35. The van der Waals surface area contributed by atoms with E-state index in [2.05, 4.69) is 5.32 Å². The average molecular weight is 393 g/mol. The van der Waals surface area contributed by atoms with Gasteiger partial charge in [0, 0.05) is 30.6 Å². The Kier molecular flexibility index (Phi) is 7.06. The van der Waals surface area contributed by atoms with Gasteiger partial charge < -0.3 is 10.2 Å². The molecule has 2 amide bonds. The van der Waals surface area contributed by atoms with E-state index in [0.717, 1.165) is 23.2 Å². The van der Waals surface area contributed by atoms with Gasteiger partial charge >= 0.3 is 0 Å². The third kappa shape index (κ3) is 4.99. The highest BCUT2D eigenvalue weighted by Gasteiger charge is 2.17. The van der Waals surface area contributed by atoms with E-state index < -0.39 is 0 Å². The van der Waals surface area contributed by atoms with Gasteiger partial charge in [0.05, 0.1) is 10.7 Å². The molecule has 0 aromatic heterocycles. The number of benzene rings is 2. The van der Waals surface area contributed by atoms with Crippen molar-refractivity contribution in [3.05, 3.63) is 57.6 Å². The number of hydrogen-bond acceptors (Lipinski definition) is 2. The predicted molar refractivity (Wildman–Crippen MR) is 108 cm³/mol. The molecule has 0 atom stereocenters. The number of hydrogen-bond donors (Lipinski definition) is 1. The summed E-state index contributed by atoms with van der Waals surface area (Å²) in [5, 5.41) is 3.86. The lowest BCUT2D eigenvalue weighted by Gasteiger charge is -2.22. The number of anilines is 2. The van der Waals surface area contributed by atoms with Crippen LogP contribution < -0.4 is 10.2 Å². The van der Waals surface area contributed by atoms with Crippen LogP contribution >= 0.6 is 23.2 Å². The van der Waals surface area contributed by atoms with Gasteiger partial charge in [0.1, 0.15) is 0 Å². The second-order valence-electron chi connectivity index (χ2n) is 6.03. The van der Waals surface area contributed by atoms with E-state index in [1.54, 1.807) is 18.2 Å². The molecule has 6 heteroatoms. The molecule has 26 heavy (non-hydrogen) atoms. The van der Waals surface area contributed by atoms with Crippen LogP contribution in [0.15, 0.2) is 36.4 Å². The molecule has 0 aliphatic rings. The van der Waals surface area contributed by atoms with Crippen LogP contribution in [-0.2, 0) is 16.0 Å². The summed E-state index contributed by atoms with van der Waals surface area (Å²) >= 11 is 12.2. The minimum atomic E-state index is -0.202. The van der Waals surface area contributed by atoms with Crippen molar-refractivity contribution < 1.29 is 9.59 Å². The lowest BCUT2D eigenvalue weighted by molar-refractivity contribution is -0.117. The summed E-state index contributed by atoms with van der Waals surface area (Å²) in [5.41, 5.74) is 3.44. The van der Waals surface area contributed by atoms with Crippen molar-refractivity contribution in [2.24, 2.45) is 0 Å². The molecule has 0 bridgehead atoms. The highest BCUT2D eigenvalue weighted by Crippen LogP contribution is 2.29. The first-order valence-corrected chi connectivity index (χ1v) is 9.20. The summed E-state index contributed by atoms with van der Waals surface area (Å²) in [7, 11) is 0. The van der Waals surface area contributed by atoms with Crippen LogP contribution in [0.2, 0.25) is 10.0 Å². The molecule has 0 aliphatic heterocycles. The molecule has 0 aliphatic carbocycles. The molecule has 0 saturated heterocycles. The quantitative estimate of drug-likeness (QED) is 0.729. The van der Waals surface area contributed by atoms with Gasteiger partial charge in [-0.25, -0.2) is 0 Å². The highest BCUT2D eigenvalue weighted by atomic mass is 35.5. The Balaban J connectivity index is 2.11. The molecule has 0 unspecified atom stereocenters. The minimum absolute atomic E-state index is 0.153. The molecule has 0 spiro atoms. The van der Waals surface area contributed by atoms with Gasteiger partial charge in [-0.1, -0.05) is 48.3 Å². The smallest absolute Gasteiger partial charge is 0.226 e. The largest absolute Gasteiger partial charge is 0.326 e. The van der Waals surface area contributed by atoms with Crippen molar-refractivity contribution >= 4 is 46.4 Å². The fourth-order valence-corrected chi connectivity index (χ4v) is 3.14. The number of para-hydroxylation sites is 1. The molecule has 4 nitrogen and oxygen atoms in total. The lowest BCUT2D eigenvalue weighted by Crippen LogP contribution is -2.32. The van der Waals surface area contributed by atoms with Crippen molar-refractivity contribution in [3.63, 3.8) is 0 Å². The van der Waals surface area contributed by atoms with Gasteiger partial charge in [-0.15, -0.1) is 0 Å². The standard InChI is InChI=1S/C20H22Cl2N2O2/c1-4-15-7-5-6-13(2)20(15)23-19(26)10-11-24(14(3)25)18-12-16(21)8-9-17(18)22/h5-9,12H,4,10-11H2,1-3H3,(H,23,26). The monoisotopic (exact) mass is 392 g/mol. The molecule has 0 radical (unpaired) electrons. The number of rotatable bonds is 6. The molecular formula is C20H22Cl2N2O2. The molecular weight excluding hydrogens is 371 g/mol. The van der Waals surface area contributed by atoms with Gasteiger partial charge in [0.25, 0.3) is 0 Å². The average Bonchev–Trinajstić information content (AvgIpc) is 2.59. The zero-order chi connectivity index (χ0) is 19.3. The SMILES string of the molecule is CCc1cccc(C)c1NC(=O)CCN(C(C)=O)c1cc(Cl)ccc1Cl. The zero-order valence-corrected chi connectivity index (χ0v) is 16.6. The Hall–Kier alpha value is -2.04. The third-order valence-corrected chi connectivity index (χ3v) is 4.70. The summed E-state index contributed by atoms with van der Waals surface area (Å²) in [6, 6.07) is 10.8. The summed E-state index contributed by atoms with van der Waals surface area (Å²) in [6.07, 6.45) is 0.981. The number of aryl methyl sites for hydroxylation is 2. The molecule has 2 aromatic carbocycles. The molecule has 2 aromatic rings. The molecule has 1 N–H and O–H groups in total.